The molecule has 2 N–H and O–H groups in total. The molecule has 0 aromatic carbocycles. The highest BCUT2D eigenvalue weighted by Crippen LogP contribution is 2.22. The zero-order valence-corrected chi connectivity index (χ0v) is 15.4. The topological polar surface area (TPSA) is 84.6 Å². The van der Waals surface area contributed by atoms with E-state index >= 15 is 0 Å². The van der Waals surface area contributed by atoms with E-state index < -0.39 is 0 Å². The first kappa shape index (κ1) is 19.5. The molecule has 0 spiro atoms. The average Bonchev–Trinajstić information content (AvgIpc) is 3.24. The Hall–Kier alpha value is -1.86. The highest BCUT2D eigenvalue weighted by molar-refractivity contribution is 7.12. The molecule has 2 aromatic heterocycles. The Labute approximate surface area is 152 Å². The second-order valence-corrected chi connectivity index (χ2v) is 6.84. The molecule has 6 nitrogen and oxygen atoms in total. The number of carbonyl (C=O) groups excluding carboxylic acids is 1. The Kier molecular flexibility index (Phi) is 8.48. The molecule has 1 amide bonds. The van der Waals surface area contributed by atoms with Crippen molar-refractivity contribution in [3.63, 3.8) is 0 Å². The maximum absolute atomic E-state index is 11.7. The summed E-state index contributed by atoms with van der Waals surface area (Å²) in [6.07, 6.45) is 6.55. The SMILES string of the molecule is Cc1cc(CCCCCCCOc2csc(C(=O)NCCO)c2)on1. The van der Waals surface area contributed by atoms with Gasteiger partial charge in [0.25, 0.3) is 5.91 Å². The number of unbranched alkanes of at least 4 members (excludes halogenated alkanes) is 4. The van der Waals surface area contributed by atoms with Gasteiger partial charge in [-0.25, -0.2) is 0 Å². The van der Waals surface area contributed by atoms with Crippen molar-refractivity contribution >= 4 is 17.2 Å². The molecule has 2 heterocycles. The Morgan fingerprint density at radius 3 is 2.84 bits per heavy atom. The molecule has 25 heavy (non-hydrogen) atoms. The lowest BCUT2D eigenvalue weighted by Crippen LogP contribution is -2.25. The van der Waals surface area contributed by atoms with Crippen molar-refractivity contribution in [2.75, 3.05) is 19.8 Å². The lowest BCUT2D eigenvalue weighted by Gasteiger charge is -2.04. The van der Waals surface area contributed by atoms with Crippen LogP contribution in [0.4, 0.5) is 0 Å². The van der Waals surface area contributed by atoms with Gasteiger partial charge in [-0.2, -0.15) is 0 Å². The van der Waals surface area contributed by atoms with E-state index in [1.807, 2.05) is 18.4 Å². The Balaban J connectivity index is 1.50. The molecule has 0 aliphatic rings. The van der Waals surface area contributed by atoms with Crippen LogP contribution in [-0.2, 0) is 6.42 Å². The number of carbonyl (C=O) groups is 1. The molecule has 0 saturated carbocycles. The van der Waals surface area contributed by atoms with Gasteiger partial charge in [-0.15, -0.1) is 11.3 Å². The van der Waals surface area contributed by atoms with E-state index in [9.17, 15) is 4.79 Å². The zero-order valence-electron chi connectivity index (χ0n) is 14.6. The summed E-state index contributed by atoms with van der Waals surface area (Å²) in [6.45, 7) is 2.81. The van der Waals surface area contributed by atoms with Crippen LogP contribution in [-0.4, -0.2) is 35.9 Å². The van der Waals surface area contributed by atoms with E-state index in [2.05, 4.69) is 10.5 Å². The largest absolute Gasteiger partial charge is 0.493 e. The van der Waals surface area contributed by atoms with Gasteiger partial charge in [-0.1, -0.05) is 24.4 Å². The minimum Gasteiger partial charge on any atom is -0.493 e. The average molecular weight is 366 g/mol. The first-order chi connectivity index (χ1) is 12.2. The fourth-order valence-electron chi connectivity index (χ4n) is 2.43. The Morgan fingerprint density at radius 1 is 1.28 bits per heavy atom. The number of amides is 1. The third kappa shape index (κ3) is 7.27. The van der Waals surface area contributed by atoms with Gasteiger partial charge in [0, 0.05) is 30.5 Å². The molecule has 0 aliphatic carbocycles. The Bertz CT molecular complexity index is 639. The van der Waals surface area contributed by atoms with Crippen molar-refractivity contribution in [1.29, 1.82) is 0 Å². The molecule has 0 saturated heterocycles. The van der Waals surface area contributed by atoms with Gasteiger partial charge in [0.2, 0.25) is 0 Å². The second-order valence-electron chi connectivity index (χ2n) is 5.93. The fourth-order valence-corrected chi connectivity index (χ4v) is 3.17. The first-order valence-electron chi connectivity index (χ1n) is 8.71. The number of ether oxygens (including phenoxy) is 1. The second kappa shape index (κ2) is 10.9. The molecular formula is C18H26N2O4S. The number of nitrogens with one attached hydrogen (secondary N) is 1. The number of aliphatic hydroxyl groups excluding tert-OH is 1. The van der Waals surface area contributed by atoms with Crippen molar-refractivity contribution in [3.05, 3.63) is 33.8 Å². The quantitative estimate of drug-likeness (QED) is 0.563. The van der Waals surface area contributed by atoms with Gasteiger partial charge in [-0.3, -0.25) is 4.79 Å². The van der Waals surface area contributed by atoms with E-state index in [0.717, 1.165) is 42.9 Å². The molecule has 0 bridgehead atoms. The van der Waals surface area contributed by atoms with Crippen molar-refractivity contribution in [2.45, 2.75) is 45.4 Å². The smallest absolute Gasteiger partial charge is 0.261 e. The van der Waals surface area contributed by atoms with Crippen LogP contribution in [0.1, 0.15) is 53.2 Å². The summed E-state index contributed by atoms with van der Waals surface area (Å²) in [5.74, 6) is 1.54. The molecule has 0 fully saturated rings. The summed E-state index contributed by atoms with van der Waals surface area (Å²) in [6, 6.07) is 3.74. The number of thiophene rings is 1. The van der Waals surface area contributed by atoms with E-state index in [1.165, 1.54) is 24.2 Å². The van der Waals surface area contributed by atoms with E-state index in [1.54, 1.807) is 6.07 Å². The monoisotopic (exact) mass is 366 g/mol. The van der Waals surface area contributed by atoms with Crippen LogP contribution < -0.4 is 10.1 Å². The normalized spacial score (nSPS) is 10.8. The highest BCUT2D eigenvalue weighted by Gasteiger charge is 2.09. The van der Waals surface area contributed by atoms with E-state index in [4.69, 9.17) is 14.4 Å². The third-order valence-electron chi connectivity index (χ3n) is 3.71. The van der Waals surface area contributed by atoms with Gasteiger partial charge in [0.05, 0.1) is 23.8 Å². The van der Waals surface area contributed by atoms with Crippen LogP contribution in [0, 0.1) is 6.92 Å². The number of hydrogen-bond donors (Lipinski definition) is 2. The molecule has 2 rings (SSSR count). The van der Waals surface area contributed by atoms with E-state index in [-0.39, 0.29) is 19.1 Å². The number of rotatable bonds is 12. The third-order valence-corrected chi connectivity index (χ3v) is 4.62. The lowest BCUT2D eigenvalue weighted by molar-refractivity contribution is 0.0948. The van der Waals surface area contributed by atoms with Gasteiger partial charge < -0.3 is 19.7 Å². The van der Waals surface area contributed by atoms with Gasteiger partial charge in [-0.05, 0) is 19.8 Å². The van der Waals surface area contributed by atoms with Crippen molar-refractivity contribution in [1.82, 2.24) is 10.5 Å². The Morgan fingerprint density at radius 2 is 2.08 bits per heavy atom. The number of hydrogen-bond acceptors (Lipinski definition) is 6. The highest BCUT2D eigenvalue weighted by atomic mass is 32.1. The predicted octanol–water partition coefficient (Wildman–Crippen LogP) is 3.34. The first-order valence-corrected chi connectivity index (χ1v) is 9.59. The van der Waals surface area contributed by atoms with Crippen molar-refractivity contribution in [3.8, 4) is 5.75 Å². The summed E-state index contributed by atoms with van der Waals surface area (Å²) in [7, 11) is 0. The number of aliphatic hydroxyl groups is 1. The predicted molar refractivity (Wildman–Crippen MR) is 97.3 cm³/mol. The molecule has 138 valence electrons. The van der Waals surface area contributed by atoms with Gasteiger partial charge >= 0.3 is 0 Å². The summed E-state index contributed by atoms with van der Waals surface area (Å²) >= 11 is 1.35. The summed E-state index contributed by atoms with van der Waals surface area (Å²) in [5.41, 5.74) is 0.939. The van der Waals surface area contributed by atoms with Gasteiger partial charge in [0.1, 0.15) is 11.5 Å². The lowest BCUT2D eigenvalue weighted by atomic mass is 10.1. The minimum atomic E-state index is -0.171. The van der Waals surface area contributed by atoms with Crippen LogP contribution in [0.3, 0.4) is 0 Å². The van der Waals surface area contributed by atoms with Crippen LogP contribution in [0.5, 0.6) is 5.75 Å². The molecule has 0 radical (unpaired) electrons. The number of aryl methyl sites for hydroxylation is 2. The standard InChI is InChI=1S/C18H26N2O4S/c1-14-11-15(24-20-14)7-5-3-2-4-6-10-23-16-12-17(25-13-16)18(22)19-8-9-21/h11-13,21H,2-10H2,1H3,(H,19,22). The van der Waals surface area contributed by atoms with Crippen LogP contribution >= 0.6 is 11.3 Å². The number of aromatic nitrogens is 1. The minimum absolute atomic E-state index is 0.0570. The van der Waals surface area contributed by atoms with Gasteiger partial charge in [0.15, 0.2) is 0 Å². The number of nitrogens with zero attached hydrogens (tertiary/aromatic N) is 1. The zero-order chi connectivity index (χ0) is 17.9. The van der Waals surface area contributed by atoms with Crippen LogP contribution in [0.25, 0.3) is 0 Å². The molecule has 2 aromatic rings. The molecule has 0 atom stereocenters. The fraction of sp³-hybridized carbons (Fsp3) is 0.556. The molecular weight excluding hydrogens is 340 g/mol. The van der Waals surface area contributed by atoms with Crippen LogP contribution in [0.2, 0.25) is 0 Å². The van der Waals surface area contributed by atoms with Crippen LogP contribution in [0.15, 0.2) is 22.0 Å². The summed E-state index contributed by atoms with van der Waals surface area (Å²) in [4.78, 5) is 12.3. The maximum atomic E-state index is 11.7. The van der Waals surface area contributed by atoms with Crippen molar-refractivity contribution in [2.24, 2.45) is 0 Å². The summed E-state index contributed by atoms with van der Waals surface area (Å²) in [5, 5.41) is 17.1. The van der Waals surface area contributed by atoms with E-state index in [0.29, 0.717) is 11.5 Å². The molecule has 0 aliphatic heterocycles. The molecule has 7 heteroatoms. The molecule has 0 unspecified atom stereocenters. The van der Waals surface area contributed by atoms with Crippen molar-refractivity contribution < 1.29 is 19.2 Å². The summed E-state index contributed by atoms with van der Waals surface area (Å²) < 4.78 is 10.9. The maximum Gasteiger partial charge on any atom is 0.261 e.